The molecule has 1 N–H and O–H groups in total. The van der Waals surface area contributed by atoms with Gasteiger partial charge in [-0.15, -0.1) is 0 Å². The fraction of sp³-hybridized carbons (Fsp3) is 0.588. The van der Waals surface area contributed by atoms with Gasteiger partial charge in [0.2, 0.25) is 0 Å². The summed E-state index contributed by atoms with van der Waals surface area (Å²) in [7, 11) is 1.44. The maximum Gasteiger partial charge on any atom is 0.307 e. The lowest BCUT2D eigenvalue weighted by Crippen LogP contribution is -2.35. The molecule has 0 aromatic heterocycles. The monoisotopic (exact) mass is 291 g/mol. The van der Waals surface area contributed by atoms with Crippen LogP contribution in [0.15, 0.2) is 24.3 Å². The number of rotatable bonds is 8. The average Bonchev–Trinajstić information content (AvgIpc) is 3.24. The summed E-state index contributed by atoms with van der Waals surface area (Å²) in [6.07, 6.45) is 3.84. The largest absolute Gasteiger partial charge is 0.491 e. The first-order valence-electron chi connectivity index (χ1n) is 7.65. The van der Waals surface area contributed by atoms with Crippen LogP contribution in [0.4, 0.5) is 0 Å². The second kappa shape index (κ2) is 7.46. The predicted molar refractivity (Wildman–Crippen MR) is 82.5 cm³/mol. The molecule has 21 heavy (non-hydrogen) atoms. The minimum absolute atomic E-state index is 0.141. The standard InChI is InChI=1S/C17H25NO3/c1-12(2)21-16-8-4-13(5-9-16)10-15(11-17(19)20-3)18-14-6-7-14/h4-5,8-9,12,14-15,18H,6-7,10-11H2,1-3H3. The minimum atomic E-state index is -0.159. The molecule has 0 spiro atoms. The Kier molecular flexibility index (Phi) is 5.62. The Labute approximate surface area is 126 Å². The molecule has 1 unspecified atom stereocenters. The highest BCUT2D eigenvalue weighted by Crippen LogP contribution is 2.22. The first-order chi connectivity index (χ1) is 10.1. The number of carbonyl (C=O) groups is 1. The maximum absolute atomic E-state index is 11.5. The van der Waals surface area contributed by atoms with Crippen molar-refractivity contribution in [2.24, 2.45) is 0 Å². The van der Waals surface area contributed by atoms with Crippen molar-refractivity contribution in [2.75, 3.05) is 7.11 Å². The molecule has 1 aromatic carbocycles. The molecule has 4 heteroatoms. The van der Waals surface area contributed by atoms with E-state index in [-0.39, 0.29) is 18.1 Å². The number of esters is 1. The van der Waals surface area contributed by atoms with Crippen molar-refractivity contribution in [3.63, 3.8) is 0 Å². The van der Waals surface area contributed by atoms with Gasteiger partial charge in [0.15, 0.2) is 0 Å². The van der Waals surface area contributed by atoms with E-state index in [2.05, 4.69) is 17.4 Å². The minimum Gasteiger partial charge on any atom is -0.491 e. The third kappa shape index (κ3) is 5.76. The van der Waals surface area contributed by atoms with Gasteiger partial charge in [-0.25, -0.2) is 0 Å². The Morgan fingerprint density at radius 2 is 1.95 bits per heavy atom. The van der Waals surface area contributed by atoms with Crippen molar-refractivity contribution in [3.05, 3.63) is 29.8 Å². The average molecular weight is 291 g/mol. The summed E-state index contributed by atoms with van der Waals surface area (Å²) in [6, 6.07) is 8.82. The molecule has 0 radical (unpaired) electrons. The summed E-state index contributed by atoms with van der Waals surface area (Å²) >= 11 is 0. The molecule has 0 heterocycles. The SMILES string of the molecule is COC(=O)CC(Cc1ccc(OC(C)C)cc1)NC1CC1. The van der Waals surface area contributed by atoms with E-state index in [1.165, 1.54) is 25.5 Å². The van der Waals surface area contributed by atoms with Gasteiger partial charge in [0.05, 0.1) is 19.6 Å². The van der Waals surface area contributed by atoms with Crippen molar-refractivity contribution in [2.45, 2.75) is 57.7 Å². The highest BCUT2D eigenvalue weighted by atomic mass is 16.5. The zero-order valence-corrected chi connectivity index (χ0v) is 13.1. The zero-order valence-electron chi connectivity index (χ0n) is 13.1. The molecule has 0 aliphatic heterocycles. The lowest BCUT2D eigenvalue weighted by Gasteiger charge is -2.18. The predicted octanol–water partition coefficient (Wildman–Crippen LogP) is 2.70. The summed E-state index contributed by atoms with van der Waals surface area (Å²) in [4.78, 5) is 11.5. The lowest BCUT2D eigenvalue weighted by molar-refractivity contribution is -0.141. The third-order valence-corrected chi connectivity index (χ3v) is 3.47. The number of benzene rings is 1. The van der Waals surface area contributed by atoms with Crippen LogP contribution in [0.5, 0.6) is 5.75 Å². The molecular formula is C17H25NO3. The van der Waals surface area contributed by atoms with Gasteiger partial charge in [0.25, 0.3) is 0 Å². The van der Waals surface area contributed by atoms with Gasteiger partial charge >= 0.3 is 5.97 Å². The number of hydrogen-bond donors (Lipinski definition) is 1. The molecule has 116 valence electrons. The summed E-state index contributed by atoms with van der Waals surface area (Å²) in [5.41, 5.74) is 1.20. The van der Waals surface area contributed by atoms with Crippen molar-refractivity contribution in [1.82, 2.24) is 5.32 Å². The van der Waals surface area contributed by atoms with Gasteiger partial charge in [-0.3, -0.25) is 4.79 Å². The van der Waals surface area contributed by atoms with Gasteiger partial charge in [-0.1, -0.05) is 12.1 Å². The highest BCUT2D eigenvalue weighted by Gasteiger charge is 2.26. The molecule has 0 bridgehead atoms. The van der Waals surface area contributed by atoms with Crippen LogP contribution in [0.2, 0.25) is 0 Å². The lowest BCUT2D eigenvalue weighted by atomic mass is 10.0. The molecule has 1 fully saturated rings. The van der Waals surface area contributed by atoms with E-state index in [1.54, 1.807) is 0 Å². The molecule has 1 aromatic rings. The number of carbonyl (C=O) groups excluding carboxylic acids is 1. The fourth-order valence-corrected chi connectivity index (χ4v) is 2.32. The van der Waals surface area contributed by atoms with E-state index >= 15 is 0 Å². The smallest absolute Gasteiger partial charge is 0.307 e. The molecule has 1 aliphatic rings. The second-order valence-electron chi connectivity index (χ2n) is 5.93. The first-order valence-corrected chi connectivity index (χ1v) is 7.65. The molecule has 1 aliphatic carbocycles. The van der Waals surface area contributed by atoms with E-state index in [0.717, 1.165) is 12.2 Å². The maximum atomic E-state index is 11.5. The number of nitrogens with one attached hydrogen (secondary N) is 1. The van der Waals surface area contributed by atoms with E-state index in [9.17, 15) is 4.79 Å². The van der Waals surface area contributed by atoms with Crippen molar-refractivity contribution in [1.29, 1.82) is 0 Å². The summed E-state index contributed by atoms with van der Waals surface area (Å²) in [6.45, 7) is 4.03. The molecule has 2 rings (SSSR count). The molecule has 0 saturated heterocycles. The summed E-state index contributed by atoms with van der Waals surface area (Å²) < 4.78 is 10.4. The second-order valence-corrected chi connectivity index (χ2v) is 5.93. The van der Waals surface area contributed by atoms with Gasteiger partial charge < -0.3 is 14.8 Å². The van der Waals surface area contributed by atoms with Crippen LogP contribution < -0.4 is 10.1 Å². The van der Waals surface area contributed by atoms with Crippen molar-refractivity contribution in [3.8, 4) is 5.75 Å². The van der Waals surface area contributed by atoms with E-state index in [1.807, 2.05) is 26.0 Å². The quantitative estimate of drug-likeness (QED) is 0.748. The van der Waals surface area contributed by atoms with Crippen molar-refractivity contribution >= 4 is 5.97 Å². The summed E-state index contributed by atoms with van der Waals surface area (Å²) in [5, 5.41) is 3.52. The molecule has 1 saturated carbocycles. The third-order valence-electron chi connectivity index (χ3n) is 3.47. The van der Waals surface area contributed by atoms with Gasteiger partial charge in [0, 0.05) is 12.1 Å². The van der Waals surface area contributed by atoms with Crippen molar-refractivity contribution < 1.29 is 14.3 Å². The van der Waals surface area contributed by atoms with Crippen LogP contribution >= 0.6 is 0 Å². The summed E-state index contributed by atoms with van der Waals surface area (Å²) in [5.74, 6) is 0.723. The van der Waals surface area contributed by atoms with E-state index in [0.29, 0.717) is 12.5 Å². The Morgan fingerprint density at radius 3 is 2.48 bits per heavy atom. The van der Waals surface area contributed by atoms with Gasteiger partial charge in [-0.2, -0.15) is 0 Å². The Bertz CT molecular complexity index is 452. The van der Waals surface area contributed by atoms with Crippen LogP contribution in [0.3, 0.4) is 0 Å². The van der Waals surface area contributed by atoms with Gasteiger partial charge in [-0.05, 0) is 50.8 Å². The van der Waals surface area contributed by atoms with E-state index in [4.69, 9.17) is 9.47 Å². The first kappa shape index (κ1) is 15.8. The number of hydrogen-bond acceptors (Lipinski definition) is 4. The normalized spacial score (nSPS) is 15.8. The van der Waals surface area contributed by atoms with Crippen LogP contribution in [0, 0.1) is 0 Å². The zero-order chi connectivity index (χ0) is 15.2. The number of ether oxygens (including phenoxy) is 2. The van der Waals surface area contributed by atoms with Crippen LogP contribution in [-0.2, 0) is 16.0 Å². The molecule has 0 amide bonds. The van der Waals surface area contributed by atoms with Gasteiger partial charge in [0.1, 0.15) is 5.75 Å². The Hall–Kier alpha value is -1.55. The van der Waals surface area contributed by atoms with Crippen LogP contribution in [0.25, 0.3) is 0 Å². The molecule has 4 nitrogen and oxygen atoms in total. The molecule has 1 atom stereocenters. The molecular weight excluding hydrogens is 266 g/mol. The van der Waals surface area contributed by atoms with E-state index < -0.39 is 0 Å². The highest BCUT2D eigenvalue weighted by molar-refractivity contribution is 5.70. The van der Waals surface area contributed by atoms with Crippen LogP contribution in [-0.4, -0.2) is 31.3 Å². The topological polar surface area (TPSA) is 47.6 Å². The Morgan fingerprint density at radius 1 is 1.29 bits per heavy atom. The van der Waals surface area contributed by atoms with Crippen LogP contribution in [0.1, 0.15) is 38.7 Å². The number of methoxy groups -OCH3 is 1. The fourth-order valence-electron chi connectivity index (χ4n) is 2.32. The Balaban J connectivity index is 1.93.